The van der Waals surface area contributed by atoms with Gasteiger partial charge >= 0.3 is 12.0 Å². The van der Waals surface area contributed by atoms with E-state index in [1.807, 2.05) is 13.0 Å². The molecule has 0 radical (unpaired) electrons. The Morgan fingerprint density at radius 1 is 1.39 bits per heavy atom. The highest BCUT2D eigenvalue weighted by atomic mass is 35.5. The number of esters is 1. The number of benzene rings is 1. The first-order valence-corrected chi connectivity index (χ1v) is 7.98. The molecule has 6 heteroatoms. The summed E-state index contributed by atoms with van der Waals surface area (Å²) in [5, 5.41) is 3.34. The van der Waals surface area contributed by atoms with Crippen molar-refractivity contribution in [3.05, 3.63) is 46.1 Å². The fourth-order valence-electron chi connectivity index (χ4n) is 2.65. The fourth-order valence-corrected chi connectivity index (χ4v) is 2.89. The lowest BCUT2D eigenvalue weighted by molar-refractivity contribution is -0.143. The van der Waals surface area contributed by atoms with E-state index in [1.165, 1.54) is 4.90 Å². The zero-order valence-corrected chi connectivity index (χ0v) is 14.5. The van der Waals surface area contributed by atoms with Crippen molar-refractivity contribution >= 4 is 23.6 Å². The van der Waals surface area contributed by atoms with Crippen molar-refractivity contribution in [3.8, 4) is 0 Å². The number of carbonyl (C=O) groups is 2. The quantitative estimate of drug-likeness (QED) is 0.854. The van der Waals surface area contributed by atoms with Crippen LogP contribution in [-0.4, -0.2) is 29.5 Å². The molecule has 0 fully saturated rings. The van der Waals surface area contributed by atoms with Crippen LogP contribution in [0.25, 0.3) is 0 Å². The first-order valence-electron chi connectivity index (χ1n) is 7.61. The van der Waals surface area contributed by atoms with E-state index >= 15 is 0 Å². The third kappa shape index (κ3) is 3.50. The normalized spacial score (nSPS) is 18.3. The zero-order chi connectivity index (χ0) is 17.1. The van der Waals surface area contributed by atoms with Crippen molar-refractivity contribution in [3.63, 3.8) is 0 Å². The van der Waals surface area contributed by atoms with Crippen LogP contribution in [0.2, 0.25) is 5.02 Å². The monoisotopic (exact) mass is 336 g/mol. The predicted molar refractivity (Wildman–Crippen MR) is 89.0 cm³/mol. The van der Waals surface area contributed by atoms with Crippen LogP contribution in [0.15, 0.2) is 35.5 Å². The number of ether oxygens (including phenoxy) is 1. The van der Waals surface area contributed by atoms with E-state index < -0.39 is 12.0 Å². The fraction of sp³-hybridized carbons (Fsp3) is 0.412. The maximum absolute atomic E-state index is 12.6. The van der Waals surface area contributed by atoms with Crippen LogP contribution in [-0.2, 0) is 9.53 Å². The lowest BCUT2D eigenvalue weighted by atomic mass is 9.95. The number of nitrogens with zero attached hydrogens (tertiary/aromatic N) is 1. The van der Waals surface area contributed by atoms with Gasteiger partial charge in [-0.25, -0.2) is 9.59 Å². The summed E-state index contributed by atoms with van der Waals surface area (Å²) >= 11 is 6.26. The summed E-state index contributed by atoms with van der Waals surface area (Å²) in [6.45, 7) is 7.65. The van der Waals surface area contributed by atoms with Crippen LogP contribution >= 0.6 is 11.6 Å². The Morgan fingerprint density at radius 3 is 2.61 bits per heavy atom. The number of nitrogens with one attached hydrogen (secondary N) is 1. The topological polar surface area (TPSA) is 58.6 Å². The van der Waals surface area contributed by atoms with Gasteiger partial charge in [-0.2, -0.15) is 0 Å². The predicted octanol–water partition coefficient (Wildman–Crippen LogP) is 3.65. The zero-order valence-electron chi connectivity index (χ0n) is 13.7. The summed E-state index contributed by atoms with van der Waals surface area (Å²) in [6, 6.07) is 6.28. The Balaban J connectivity index is 2.55. The van der Waals surface area contributed by atoms with E-state index in [4.69, 9.17) is 16.3 Å². The molecule has 124 valence electrons. The second-order valence-electron chi connectivity index (χ2n) is 5.60. The lowest BCUT2D eigenvalue weighted by Crippen LogP contribution is -2.48. The van der Waals surface area contributed by atoms with Crippen LogP contribution in [0, 0.1) is 0 Å². The Labute approximate surface area is 141 Å². The smallest absolute Gasteiger partial charge is 0.338 e. The highest BCUT2D eigenvalue weighted by Gasteiger charge is 2.36. The molecule has 1 N–H and O–H groups in total. The maximum atomic E-state index is 12.6. The molecular formula is C17H21ClN2O3. The van der Waals surface area contributed by atoms with Gasteiger partial charge in [0.05, 0.1) is 17.7 Å². The van der Waals surface area contributed by atoms with E-state index in [9.17, 15) is 9.59 Å². The lowest BCUT2D eigenvalue weighted by Gasteiger charge is -2.35. The van der Waals surface area contributed by atoms with E-state index in [-0.39, 0.29) is 12.1 Å². The molecule has 2 rings (SSSR count). The molecular weight excluding hydrogens is 316 g/mol. The van der Waals surface area contributed by atoms with Crippen LogP contribution in [0.4, 0.5) is 4.79 Å². The highest BCUT2D eigenvalue weighted by molar-refractivity contribution is 6.31. The van der Waals surface area contributed by atoms with Gasteiger partial charge < -0.3 is 10.1 Å². The number of urea groups is 1. The van der Waals surface area contributed by atoms with Crippen LogP contribution in [0.1, 0.15) is 39.3 Å². The van der Waals surface area contributed by atoms with Crippen molar-refractivity contribution in [1.29, 1.82) is 0 Å². The second-order valence-corrected chi connectivity index (χ2v) is 6.01. The molecule has 0 unspecified atom stereocenters. The number of amides is 2. The molecule has 0 aliphatic carbocycles. The summed E-state index contributed by atoms with van der Waals surface area (Å²) in [7, 11) is 0. The molecule has 1 aliphatic rings. The van der Waals surface area contributed by atoms with Gasteiger partial charge in [0.25, 0.3) is 0 Å². The molecule has 1 atom stereocenters. The number of hydrogen-bond donors (Lipinski definition) is 1. The molecule has 0 aromatic heterocycles. The molecule has 0 saturated heterocycles. The molecule has 5 nitrogen and oxygen atoms in total. The molecule has 0 bridgehead atoms. The van der Waals surface area contributed by atoms with E-state index in [0.29, 0.717) is 28.4 Å². The minimum Gasteiger partial charge on any atom is -0.459 e. The average molecular weight is 337 g/mol. The SMILES string of the molecule is CCN1C(=O)N[C@@H](c2ccccc2Cl)C(C(=O)OC(C)C)=C1C. The van der Waals surface area contributed by atoms with Crippen LogP contribution < -0.4 is 5.32 Å². The molecule has 0 saturated carbocycles. The summed E-state index contributed by atoms with van der Waals surface area (Å²) in [5.41, 5.74) is 1.67. The summed E-state index contributed by atoms with van der Waals surface area (Å²) in [5.74, 6) is -0.444. The molecule has 1 aromatic rings. The van der Waals surface area contributed by atoms with Gasteiger partial charge in [-0.3, -0.25) is 4.90 Å². The number of rotatable bonds is 4. The number of hydrogen-bond acceptors (Lipinski definition) is 3. The van der Waals surface area contributed by atoms with Crippen molar-refractivity contribution in [2.75, 3.05) is 6.54 Å². The minimum absolute atomic E-state index is 0.248. The maximum Gasteiger partial charge on any atom is 0.338 e. The van der Waals surface area contributed by atoms with Gasteiger partial charge in [-0.15, -0.1) is 0 Å². The van der Waals surface area contributed by atoms with Crippen LogP contribution in [0.5, 0.6) is 0 Å². The van der Waals surface area contributed by atoms with E-state index in [2.05, 4.69) is 5.32 Å². The standard InChI is InChI=1S/C17H21ClN2O3/c1-5-20-11(4)14(16(21)23-10(2)3)15(19-17(20)22)12-8-6-7-9-13(12)18/h6-10,15H,5H2,1-4H3,(H,19,22)/t15-/m0/s1. The summed E-state index contributed by atoms with van der Waals surface area (Å²) < 4.78 is 5.36. The van der Waals surface area contributed by atoms with Crippen LogP contribution in [0.3, 0.4) is 0 Å². The molecule has 1 heterocycles. The Kier molecular flexibility index (Phi) is 5.31. The van der Waals surface area contributed by atoms with Crippen molar-refractivity contribution in [2.45, 2.75) is 39.8 Å². The second kappa shape index (κ2) is 7.04. The first-order chi connectivity index (χ1) is 10.9. The first kappa shape index (κ1) is 17.3. The van der Waals surface area contributed by atoms with Gasteiger partial charge in [-0.1, -0.05) is 29.8 Å². The van der Waals surface area contributed by atoms with Gasteiger partial charge in [0.15, 0.2) is 0 Å². The molecule has 2 amide bonds. The number of allylic oxidation sites excluding steroid dienone is 1. The Hall–Kier alpha value is -2.01. The minimum atomic E-state index is -0.620. The summed E-state index contributed by atoms with van der Waals surface area (Å²) in [4.78, 5) is 26.4. The number of carbonyl (C=O) groups excluding carboxylic acids is 2. The Bertz CT molecular complexity index is 655. The van der Waals surface area contributed by atoms with Gasteiger partial charge in [-0.05, 0) is 39.3 Å². The van der Waals surface area contributed by atoms with E-state index in [1.54, 1.807) is 39.0 Å². The average Bonchev–Trinajstić information content (AvgIpc) is 2.46. The van der Waals surface area contributed by atoms with E-state index in [0.717, 1.165) is 0 Å². The van der Waals surface area contributed by atoms with Crippen molar-refractivity contribution < 1.29 is 14.3 Å². The third-order valence-corrected chi connectivity index (χ3v) is 4.04. The molecule has 23 heavy (non-hydrogen) atoms. The van der Waals surface area contributed by atoms with Gasteiger partial charge in [0, 0.05) is 17.3 Å². The number of halogens is 1. The van der Waals surface area contributed by atoms with Crippen molar-refractivity contribution in [2.24, 2.45) is 0 Å². The highest BCUT2D eigenvalue weighted by Crippen LogP contribution is 2.34. The molecule has 0 spiro atoms. The third-order valence-electron chi connectivity index (χ3n) is 3.69. The van der Waals surface area contributed by atoms with Gasteiger partial charge in [0.1, 0.15) is 0 Å². The molecule has 1 aromatic carbocycles. The largest absolute Gasteiger partial charge is 0.459 e. The van der Waals surface area contributed by atoms with Gasteiger partial charge in [0.2, 0.25) is 0 Å². The Morgan fingerprint density at radius 2 is 2.04 bits per heavy atom. The summed E-state index contributed by atoms with van der Waals surface area (Å²) in [6.07, 6.45) is -0.248. The molecule has 1 aliphatic heterocycles. The van der Waals surface area contributed by atoms with Crippen molar-refractivity contribution in [1.82, 2.24) is 10.2 Å².